The van der Waals surface area contributed by atoms with Gasteiger partial charge in [-0.05, 0) is 86.9 Å². The molecule has 2 atom stereocenters. The fourth-order valence-corrected chi connectivity index (χ4v) is 6.05. The van der Waals surface area contributed by atoms with Crippen LogP contribution in [-0.2, 0) is 0 Å². The van der Waals surface area contributed by atoms with Gasteiger partial charge < -0.3 is 19.7 Å². The van der Waals surface area contributed by atoms with Gasteiger partial charge in [0.05, 0.1) is 17.8 Å². The summed E-state index contributed by atoms with van der Waals surface area (Å²) >= 11 is 5.92. The van der Waals surface area contributed by atoms with Crippen molar-refractivity contribution in [1.29, 1.82) is 0 Å². The Bertz CT molecular complexity index is 1130. The molecule has 1 aliphatic heterocycles. The van der Waals surface area contributed by atoms with Crippen molar-refractivity contribution in [3.8, 4) is 5.69 Å². The molecule has 2 aromatic heterocycles. The summed E-state index contributed by atoms with van der Waals surface area (Å²) in [5.41, 5.74) is 7.28. The van der Waals surface area contributed by atoms with Gasteiger partial charge in [0.25, 0.3) is 0 Å². The zero-order valence-electron chi connectivity index (χ0n) is 20.0. The number of pyridine rings is 1. The molecule has 6 heteroatoms. The van der Waals surface area contributed by atoms with Gasteiger partial charge in [-0.3, -0.25) is 4.98 Å². The smallest absolute Gasteiger partial charge is 0.170 e. The molecule has 5 rings (SSSR count). The molecule has 3 aromatic rings. The standard InChI is InChI=1S/C27H33N5S/c1-18-17-23(19(2)31(18)22-14-12-20(13-15-22)30(3)4)26-25(24-11-7-8-16-28-24)29-27(33)32(26)21-9-5-6-10-21/h7-8,11-17,21,25-26H,5-6,9-10H2,1-4H3,(H,29,33)/t25-,26-/m0/s1. The molecule has 33 heavy (non-hydrogen) atoms. The molecule has 0 unspecified atom stereocenters. The van der Waals surface area contributed by atoms with Gasteiger partial charge in [-0.25, -0.2) is 0 Å². The van der Waals surface area contributed by atoms with E-state index in [1.807, 2.05) is 12.3 Å². The maximum atomic E-state index is 5.92. The first kappa shape index (κ1) is 22.0. The molecule has 0 radical (unpaired) electrons. The summed E-state index contributed by atoms with van der Waals surface area (Å²) in [5.74, 6) is 0. The van der Waals surface area contributed by atoms with Crippen LogP contribution in [0.5, 0.6) is 0 Å². The number of benzene rings is 1. The average Bonchev–Trinajstić information content (AvgIpc) is 3.52. The minimum Gasteiger partial charge on any atom is -0.378 e. The second kappa shape index (κ2) is 8.82. The Labute approximate surface area is 202 Å². The maximum absolute atomic E-state index is 5.92. The SMILES string of the molecule is Cc1cc([C@H]2[C@H](c3ccccn3)NC(=S)N2C2CCCC2)c(C)n1-c1ccc(N(C)C)cc1. The predicted molar refractivity (Wildman–Crippen MR) is 139 cm³/mol. The summed E-state index contributed by atoms with van der Waals surface area (Å²) in [6.07, 6.45) is 6.85. The first-order valence-electron chi connectivity index (χ1n) is 11.9. The molecule has 2 aliphatic rings. The zero-order valence-corrected chi connectivity index (χ0v) is 20.8. The Balaban J connectivity index is 1.60. The Morgan fingerprint density at radius 2 is 1.76 bits per heavy atom. The fraction of sp³-hybridized carbons (Fsp3) is 0.407. The van der Waals surface area contributed by atoms with Crippen molar-refractivity contribution in [3.63, 3.8) is 0 Å². The van der Waals surface area contributed by atoms with E-state index in [2.05, 4.69) is 90.1 Å². The van der Waals surface area contributed by atoms with Gasteiger partial charge in [0.1, 0.15) is 0 Å². The molecule has 1 aromatic carbocycles. The fourth-order valence-electron chi connectivity index (χ4n) is 5.66. The molecular formula is C27H33N5S. The Kier molecular flexibility index (Phi) is 5.87. The molecule has 0 amide bonds. The Morgan fingerprint density at radius 3 is 2.39 bits per heavy atom. The van der Waals surface area contributed by atoms with E-state index < -0.39 is 0 Å². The van der Waals surface area contributed by atoms with Crippen molar-refractivity contribution in [2.75, 3.05) is 19.0 Å². The number of nitrogens with zero attached hydrogens (tertiary/aromatic N) is 4. The van der Waals surface area contributed by atoms with Crippen LogP contribution in [0.25, 0.3) is 5.69 Å². The first-order valence-corrected chi connectivity index (χ1v) is 12.3. The van der Waals surface area contributed by atoms with E-state index in [0.717, 1.165) is 10.8 Å². The lowest BCUT2D eigenvalue weighted by Crippen LogP contribution is -2.37. The van der Waals surface area contributed by atoms with Gasteiger partial charge in [-0.1, -0.05) is 18.9 Å². The number of hydrogen-bond acceptors (Lipinski definition) is 3. The molecule has 0 bridgehead atoms. The van der Waals surface area contributed by atoms with E-state index in [1.165, 1.54) is 54.0 Å². The summed E-state index contributed by atoms with van der Waals surface area (Å²) in [7, 11) is 4.15. The minimum absolute atomic E-state index is 0.0457. The number of nitrogens with one attached hydrogen (secondary N) is 1. The highest BCUT2D eigenvalue weighted by molar-refractivity contribution is 7.80. The summed E-state index contributed by atoms with van der Waals surface area (Å²) in [5, 5.41) is 4.51. The molecular weight excluding hydrogens is 426 g/mol. The topological polar surface area (TPSA) is 36.3 Å². The third-order valence-electron chi connectivity index (χ3n) is 7.27. The highest BCUT2D eigenvalue weighted by atomic mass is 32.1. The van der Waals surface area contributed by atoms with E-state index in [4.69, 9.17) is 17.2 Å². The molecule has 5 nitrogen and oxygen atoms in total. The van der Waals surface area contributed by atoms with E-state index in [9.17, 15) is 0 Å². The summed E-state index contributed by atoms with van der Waals surface area (Å²) in [6.45, 7) is 4.44. The quantitative estimate of drug-likeness (QED) is 0.512. The maximum Gasteiger partial charge on any atom is 0.170 e. The summed E-state index contributed by atoms with van der Waals surface area (Å²) in [6, 6.07) is 18.0. The molecule has 1 saturated heterocycles. The Morgan fingerprint density at radius 1 is 1.03 bits per heavy atom. The van der Waals surface area contributed by atoms with Crippen LogP contribution in [0.2, 0.25) is 0 Å². The molecule has 172 valence electrons. The van der Waals surface area contributed by atoms with E-state index in [0.29, 0.717) is 6.04 Å². The van der Waals surface area contributed by atoms with Gasteiger partial charge in [0, 0.05) is 49.1 Å². The number of hydrogen-bond donors (Lipinski definition) is 1. The largest absolute Gasteiger partial charge is 0.378 e. The minimum atomic E-state index is 0.0457. The molecule has 0 spiro atoms. The van der Waals surface area contributed by atoms with Crippen LogP contribution >= 0.6 is 12.2 Å². The molecule has 1 aliphatic carbocycles. The van der Waals surface area contributed by atoms with Crippen molar-refractivity contribution < 1.29 is 0 Å². The molecule has 1 saturated carbocycles. The lowest BCUT2D eigenvalue weighted by atomic mass is 9.95. The number of aryl methyl sites for hydroxylation is 1. The van der Waals surface area contributed by atoms with E-state index in [-0.39, 0.29) is 12.1 Å². The monoisotopic (exact) mass is 459 g/mol. The van der Waals surface area contributed by atoms with Gasteiger partial charge in [-0.15, -0.1) is 0 Å². The van der Waals surface area contributed by atoms with Gasteiger partial charge >= 0.3 is 0 Å². The lowest BCUT2D eigenvalue weighted by Gasteiger charge is -2.33. The van der Waals surface area contributed by atoms with Crippen molar-refractivity contribution in [2.24, 2.45) is 0 Å². The van der Waals surface area contributed by atoms with Crippen molar-refractivity contribution in [1.82, 2.24) is 19.8 Å². The normalized spacial score (nSPS) is 21.0. The zero-order chi connectivity index (χ0) is 23.1. The van der Waals surface area contributed by atoms with Gasteiger partial charge in [0.2, 0.25) is 0 Å². The number of anilines is 1. The van der Waals surface area contributed by atoms with E-state index >= 15 is 0 Å². The van der Waals surface area contributed by atoms with Crippen LogP contribution in [0.1, 0.15) is 60.4 Å². The number of rotatable bonds is 5. The highest BCUT2D eigenvalue weighted by Crippen LogP contribution is 2.44. The second-order valence-corrected chi connectivity index (χ2v) is 9.93. The number of thiocarbonyl (C=S) groups is 1. The predicted octanol–water partition coefficient (Wildman–Crippen LogP) is 5.47. The number of aromatic nitrogens is 2. The molecule has 2 fully saturated rings. The third-order valence-corrected chi connectivity index (χ3v) is 7.60. The Hall–Kier alpha value is -2.86. The van der Waals surface area contributed by atoms with Gasteiger partial charge in [0.15, 0.2) is 5.11 Å². The van der Waals surface area contributed by atoms with Crippen LogP contribution in [0, 0.1) is 13.8 Å². The molecule has 1 N–H and O–H groups in total. The van der Waals surface area contributed by atoms with Crippen molar-refractivity contribution in [2.45, 2.75) is 57.7 Å². The second-order valence-electron chi connectivity index (χ2n) is 9.54. The van der Waals surface area contributed by atoms with Gasteiger partial charge in [-0.2, -0.15) is 0 Å². The lowest BCUT2D eigenvalue weighted by molar-refractivity contribution is 0.245. The van der Waals surface area contributed by atoms with Crippen LogP contribution < -0.4 is 10.2 Å². The summed E-state index contributed by atoms with van der Waals surface area (Å²) in [4.78, 5) is 9.34. The van der Waals surface area contributed by atoms with Crippen LogP contribution in [0.3, 0.4) is 0 Å². The third kappa shape index (κ3) is 3.90. The van der Waals surface area contributed by atoms with Crippen LogP contribution in [0.4, 0.5) is 5.69 Å². The average molecular weight is 460 g/mol. The van der Waals surface area contributed by atoms with Crippen LogP contribution in [0.15, 0.2) is 54.7 Å². The first-order chi connectivity index (χ1) is 16.0. The van der Waals surface area contributed by atoms with E-state index in [1.54, 1.807) is 0 Å². The highest BCUT2D eigenvalue weighted by Gasteiger charge is 2.44. The van der Waals surface area contributed by atoms with Crippen molar-refractivity contribution in [3.05, 3.63) is 77.4 Å². The molecule has 3 heterocycles. The van der Waals surface area contributed by atoms with Crippen LogP contribution in [-0.4, -0.2) is 39.7 Å². The van der Waals surface area contributed by atoms with Crippen molar-refractivity contribution >= 4 is 23.0 Å². The summed E-state index contributed by atoms with van der Waals surface area (Å²) < 4.78 is 2.37.